The summed E-state index contributed by atoms with van der Waals surface area (Å²) in [7, 11) is 0. The third-order valence-electron chi connectivity index (χ3n) is 3.63. The van der Waals surface area contributed by atoms with Gasteiger partial charge in [-0.25, -0.2) is 0 Å². The highest BCUT2D eigenvalue weighted by Gasteiger charge is 2.35. The van der Waals surface area contributed by atoms with Crippen molar-refractivity contribution in [1.82, 2.24) is 0 Å². The van der Waals surface area contributed by atoms with E-state index in [4.69, 9.17) is 5.11 Å². The Labute approximate surface area is 115 Å². The highest BCUT2D eigenvalue weighted by Crippen LogP contribution is 2.34. The molecular weight excluding hydrogens is 240 g/mol. The third-order valence-corrected chi connectivity index (χ3v) is 3.63. The molecule has 3 heteroatoms. The van der Waals surface area contributed by atoms with Crippen LogP contribution in [0.15, 0.2) is 24.3 Å². The quantitative estimate of drug-likeness (QED) is 0.877. The van der Waals surface area contributed by atoms with E-state index in [-0.39, 0.29) is 17.8 Å². The summed E-state index contributed by atoms with van der Waals surface area (Å²) >= 11 is 0. The minimum Gasteiger partial charge on any atom is -0.481 e. The lowest BCUT2D eigenvalue weighted by atomic mass is 9.79. The Morgan fingerprint density at radius 3 is 1.84 bits per heavy atom. The van der Waals surface area contributed by atoms with Crippen molar-refractivity contribution in [3.8, 4) is 0 Å². The van der Waals surface area contributed by atoms with Gasteiger partial charge in [-0.3, -0.25) is 4.79 Å². The van der Waals surface area contributed by atoms with Crippen molar-refractivity contribution in [3.63, 3.8) is 0 Å². The molecule has 0 bridgehead atoms. The second-order valence-electron chi connectivity index (χ2n) is 6.48. The maximum absolute atomic E-state index is 11.0. The molecule has 0 amide bonds. The van der Waals surface area contributed by atoms with Crippen LogP contribution in [0.1, 0.15) is 52.2 Å². The molecule has 0 radical (unpaired) electrons. The number of rotatable bonds is 4. The number of carboxylic acid groups (broad SMARTS) is 1. The molecule has 0 fully saturated rings. The van der Waals surface area contributed by atoms with Gasteiger partial charge in [0.1, 0.15) is 5.60 Å². The number of benzene rings is 1. The van der Waals surface area contributed by atoms with E-state index in [1.165, 1.54) is 0 Å². The van der Waals surface area contributed by atoms with E-state index in [2.05, 4.69) is 20.8 Å². The summed E-state index contributed by atoms with van der Waals surface area (Å²) in [6, 6.07) is 7.60. The Bertz CT molecular complexity index is 440. The number of hydrogen-bond donors (Lipinski definition) is 2. The Kier molecular flexibility index (Phi) is 4.41. The van der Waals surface area contributed by atoms with Gasteiger partial charge in [-0.05, 0) is 22.5 Å². The SMILES string of the molecule is CC(C)C(O)(CC(=O)O)c1ccc(C(C)(C)C)cc1. The van der Waals surface area contributed by atoms with E-state index in [1.54, 1.807) is 0 Å². The molecule has 1 rings (SSSR count). The lowest BCUT2D eigenvalue weighted by Gasteiger charge is -2.32. The number of aliphatic hydroxyl groups is 1. The highest BCUT2D eigenvalue weighted by atomic mass is 16.4. The zero-order chi connectivity index (χ0) is 14.8. The number of hydrogen-bond acceptors (Lipinski definition) is 2. The fourth-order valence-electron chi connectivity index (χ4n) is 2.13. The van der Waals surface area contributed by atoms with Gasteiger partial charge < -0.3 is 10.2 Å². The standard InChI is InChI=1S/C16H24O3/c1-11(2)16(19,10-14(17)18)13-8-6-12(7-9-13)15(3,4)5/h6-9,11,19H,10H2,1-5H3,(H,17,18). The molecule has 3 nitrogen and oxygen atoms in total. The third kappa shape index (κ3) is 3.57. The number of carbonyl (C=O) groups is 1. The molecule has 1 unspecified atom stereocenters. The number of aliphatic carboxylic acids is 1. The average Bonchev–Trinajstić information content (AvgIpc) is 2.26. The Morgan fingerprint density at radius 1 is 1.11 bits per heavy atom. The van der Waals surface area contributed by atoms with Crippen molar-refractivity contribution in [2.24, 2.45) is 5.92 Å². The maximum Gasteiger partial charge on any atom is 0.306 e. The van der Waals surface area contributed by atoms with Crippen LogP contribution in [0.25, 0.3) is 0 Å². The first-order chi connectivity index (χ1) is 8.57. The van der Waals surface area contributed by atoms with Crippen LogP contribution >= 0.6 is 0 Å². The fourth-order valence-corrected chi connectivity index (χ4v) is 2.13. The van der Waals surface area contributed by atoms with Crippen LogP contribution < -0.4 is 0 Å². The van der Waals surface area contributed by atoms with E-state index >= 15 is 0 Å². The van der Waals surface area contributed by atoms with E-state index in [0.29, 0.717) is 5.56 Å². The molecule has 0 heterocycles. The van der Waals surface area contributed by atoms with Gasteiger partial charge >= 0.3 is 5.97 Å². The molecule has 1 aromatic carbocycles. The Hall–Kier alpha value is -1.35. The van der Waals surface area contributed by atoms with Crippen molar-refractivity contribution in [1.29, 1.82) is 0 Å². The zero-order valence-corrected chi connectivity index (χ0v) is 12.4. The normalized spacial score (nSPS) is 15.3. The lowest BCUT2D eigenvalue weighted by Crippen LogP contribution is -2.34. The smallest absolute Gasteiger partial charge is 0.306 e. The summed E-state index contributed by atoms with van der Waals surface area (Å²) in [6.07, 6.45) is -0.278. The van der Waals surface area contributed by atoms with Crippen molar-refractivity contribution >= 4 is 5.97 Å². The van der Waals surface area contributed by atoms with Crippen LogP contribution in [0.2, 0.25) is 0 Å². The summed E-state index contributed by atoms with van der Waals surface area (Å²) in [4.78, 5) is 11.0. The van der Waals surface area contributed by atoms with Crippen LogP contribution in [0.3, 0.4) is 0 Å². The Morgan fingerprint density at radius 2 is 1.53 bits per heavy atom. The number of carboxylic acids is 1. The molecule has 0 aliphatic rings. The summed E-state index contributed by atoms with van der Waals surface area (Å²) in [5.74, 6) is -1.15. The van der Waals surface area contributed by atoms with Crippen LogP contribution in [-0.2, 0) is 15.8 Å². The molecule has 2 N–H and O–H groups in total. The van der Waals surface area contributed by atoms with Crippen molar-refractivity contribution in [3.05, 3.63) is 35.4 Å². The van der Waals surface area contributed by atoms with E-state index in [9.17, 15) is 9.90 Å². The molecule has 106 valence electrons. The molecule has 0 aromatic heterocycles. The topological polar surface area (TPSA) is 57.5 Å². The molecule has 19 heavy (non-hydrogen) atoms. The zero-order valence-electron chi connectivity index (χ0n) is 12.4. The van der Waals surface area contributed by atoms with Gasteiger partial charge in [0.15, 0.2) is 0 Å². The summed E-state index contributed by atoms with van der Waals surface area (Å²) in [5, 5.41) is 19.6. The molecule has 0 saturated carbocycles. The van der Waals surface area contributed by atoms with Crippen LogP contribution in [0, 0.1) is 5.92 Å². The average molecular weight is 264 g/mol. The maximum atomic E-state index is 11.0. The monoisotopic (exact) mass is 264 g/mol. The van der Waals surface area contributed by atoms with Crippen LogP contribution in [0.5, 0.6) is 0 Å². The van der Waals surface area contributed by atoms with E-state index in [0.717, 1.165) is 5.56 Å². The minimum atomic E-state index is -1.32. The molecule has 0 aliphatic carbocycles. The fraction of sp³-hybridized carbons (Fsp3) is 0.562. The molecule has 1 atom stereocenters. The van der Waals surface area contributed by atoms with Gasteiger partial charge in [0.05, 0.1) is 6.42 Å². The Balaban J connectivity index is 3.15. The first-order valence-electron chi connectivity index (χ1n) is 6.62. The largest absolute Gasteiger partial charge is 0.481 e. The molecule has 0 saturated heterocycles. The van der Waals surface area contributed by atoms with Crippen molar-refractivity contribution in [2.75, 3.05) is 0 Å². The highest BCUT2D eigenvalue weighted by molar-refractivity contribution is 5.68. The van der Waals surface area contributed by atoms with Gasteiger partial charge in [-0.15, -0.1) is 0 Å². The molecule has 1 aromatic rings. The predicted octanol–water partition coefficient (Wildman–Crippen LogP) is 3.30. The van der Waals surface area contributed by atoms with Gasteiger partial charge in [-0.1, -0.05) is 58.9 Å². The first kappa shape index (κ1) is 15.7. The molecule has 0 aliphatic heterocycles. The van der Waals surface area contributed by atoms with Crippen molar-refractivity contribution < 1.29 is 15.0 Å². The van der Waals surface area contributed by atoms with Crippen molar-refractivity contribution in [2.45, 2.75) is 52.1 Å². The minimum absolute atomic E-state index is 0.0429. The summed E-state index contributed by atoms with van der Waals surface area (Å²) in [5.41, 5.74) is 0.555. The molecular formula is C16H24O3. The predicted molar refractivity (Wildman–Crippen MR) is 76.1 cm³/mol. The molecule has 0 spiro atoms. The summed E-state index contributed by atoms with van der Waals surface area (Å²) < 4.78 is 0. The van der Waals surface area contributed by atoms with Crippen LogP contribution in [0.4, 0.5) is 0 Å². The van der Waals surface area contributed by atoms with Gasteiger partial charge in [0.2, 0.25) is 0 Å². The lowest BCUT2D eigenvalue weighted by molar-refractivity contribution is -0.145. The first-order valence-corrected chi connectivity index (χ1v) is 6.62. The van der Waals surface area contributed by atoms with E-state index < -0.39 is 11.6 Å². The van der Waals surface area contributed by atoms with E-state index in [1.807, 2.05) is 38.1 Å². The van der Waals surface area contributed by atoms with Gasteiger partial charge in [0, 0.05) is 0 Å². The summed E-state index contributed by atoms with van der Waals surface area (Å²) in [6.45, 7) is 10.0. The second kappa shape index (κ2) is 5.33. The second-order valence-corrected chi connectivity index (χ2v) is 6.48. The van der Waals surface area contributed by atoms with Gasteiger partial charge in [0.25, 0.3) is 0 Å². The van der Waals surface area contributed by atoms with Gasteiger partial charge in [-0.2, -0.15) is 0 Å². The van der Waals surface area contributed by atoms with Crippen LogP contribution in [-0.4, -0.2) is 16.2 Å².